The van der Waals surface area contributed by atoms with Crippen molar-refractivity contribution in [2.24, 2.45) is 5.73 Å². The number of aliphatic hydroxyl groups excluding tert-OH is 1. The lowest BCUT2D eigenvalue weighted by Gasteiger charge is -2.02. The molecule has 62 valence electrons. The van der Waals surface area contributed by atoms with Crippen molar-refractivity contribution in [3.63, 3.8) is 0 Å². The summed E-state index contributed by atoms with van der Waals surface area (Å²) < 4.78 is 0. The Morgan fingerprint density at radius 1 is 1.60 bits per heavy atom. The van der Waals surface area contributed by atoms with Crippen molar-refractivity contribution in [1.82, 2.24) is 0 Å². The Balaban J connectivity index is 0. The van der Waals surface area contributed by atoms with Crippen LogP contribution in [0.15, 0.2) is 11.6 Å². The highest BCUT2D eigenvalue weighted by Crippen LogP contribution is 1.94. The normalized spacial score (nSPS) is 11.6. The maximum atomic E-state index is 8.49. The van der Waals surface area contributed by atoms with E-state index in [0.717, 1.165) is 6.42 Å². The van der Waals surface area contributed by atoms with Crippen molar-refractivity contribution in [2.75, 3.05) is 6.61 Å². The van der Waals surface area contributed by atoms with Crippen molar-refractivity contribution in [1.29, 1.82) is 0 Å². The number of halogens is 1. The minimum Gasteiger partial charge on any atom is -0.395 e. The first-order chi connectivity index (χ1) is 4.16. The van der Waals surface area contributed by atoms with E-state index in [1.54, 1.807) is 0 Å². The van der Waals surface area contributed by atoms with Gasteiger partial charge in [-0.1, -0.05) is 11.6 Å². The van der Waals surface area contributed by atoms with Crippen LogP contribution < -0.4 is 5.73 Å². The van der Waals surface area contributed by atoms with Crippen LogP contribution in [0, 0.1) is 0 Å². The van der Waals surface area contributed by atoms with Crippen molar-refractivity contribution in [2.45, 2.75) is 26.3 Å². The van der Waals surface area contributed by atoms with Crippen LogP contribution in [0.3, 0.4) is 0 Å². The summed E-state index contributed by atoms with van der Waals surface area (Å²) in [7, 11) is 0. The predicted molar refractivity (Wildman–Crippen MR) is 46.4 cm³/mol. The monoisotopic (exact) mass is 165 g/mol. The van der Waals surface area contributed by atoms with E-state index in [1.807, 2.05) is 19.9 Å². The first-order valence-electron chi connectivity index (χ1n) is 3.16. The van der Waals surface area contributed by atoms with E-state index in [2.05, 4.69) is 0 Å². The maximum Gasteiger partial charge on any atom is 0.0585 e. The van der Waals surface area contributed by atoms with Gasteiger partial charge in [0.05, 0.1) is 6.61 Å². The second kappa shape index (κ2) is 7.06. The fourth-order valence-electron chi connectivity index (χ4n) is 0.462. The van der Waals surface area contributed by atoms with Crippen LogP contribution >= 0.6 is 12.4 Å². The number of hydrogen-bond donors (Lipinski definition) is 2. The van der Waals surface area contributed by atoms with Crippen molar-refractivity contribution >= 4 is 12.4 Å². The van der Waals surface area contributed by atoms with Crippen LogP contribution in [0.25, 0.3) is 0 Å². The molecule has 0 rings (SSSR count). The Morgan fingerprint density at radius 2 is 2.10 bits per heavy atom. The zero-order valence-corrected chi connectivity index (χ0v) is 7.32. The maximum absolute atomic E-state index is 8.49. The van der Waals surface area contributed by atoms with Crippen molar-refractivity contribution < 1.29 is 5.11 Å². The van der Waals surface area contributed by atoms with Gasteiger partial charge in [0.1, 0.15) is 0 Å². The molecule has 0 aliphatic heterocycles. The zero-order chi connectivity index (χ0) is 7.28. The molecule has 0 bridgehead atoms. The van der Waals surface area contributed by atoms with E-state index < -0.39 is 0 Å². The van der Waals surface area contributed by atoms with Crippen molar-refractivity contribution in [3.05, 3.63) is 11.6 Å². The summed E-state index contributed by atoms with van der Waals surface area (Å²) in [5.74, 6) is 0. The molecule has 0 aromatic rings. The predicted octanol–water partition coefficient (Wildman–Crippen LogP) is 1.08. The minimum absolute atomic E-state index is 0. The van der Waals surface area contributed by atoms with Gasteiger partial charge in [-0.15, -0.1) is 12.4 Å². The molecule has 1 atom stereocenters. The average Bonchev–Trinajstić information content (AvgIpc) is 1.83. The van der Waals surface area contributed by atoms with Crippen LogP contribution in [0.2, 0.25) is 0 Å². The molecule has 0 amide bonds. The quantitative estimate of drug-likeness (QED) is 0.615. The van der Waals surface area contributed by atoms with E-state index in [0.29, 0.717) is 0 Å². The third kappa shape index (κ3) is 7.95. The van der Waals surface area contributed by atoms with Gasteiger partial charge in [-0.3, -0.25) is 0 Å². The SMILES string of the molecule is CC(C)=CCC(N)CO.Cl. The molecule has 0 aromatic carbocycles. The zero-order valence-electron chi connectivity index (χ0n) is 6.50. The van der Waals surface area contributed by atoms with Gasteiger partial charge in [-0.25, -0.2) is 0 Å². The molecule has 3 heteroatoms. The summed E-state index contributed by atoms with van der Waals surface area (Å²) in [6.07, 6.45) is 2.81. The summed E-state index contributed by atoms with van der Waals surface area (Å²) in [6.45, 7) is 4.11. The molecule has 0 aromatic heterocycles. The van der Waals surface area contributed by atoms with Crippen LogP contribution in [-0.2, 0) is 0 Å². The van der Waals surface area contributed by atoms with Gasteiger partial charge < -0.3 is 10.8 Å². The summed E-state index contributed by atoms with van der Waals surface area (Å²) in [5.41, 5.74) is 6.68. The van der Waals surface area contributed by atoms with Crippen molar-refractivity contribution in [3.8, 4) is 0 Å². The fraction of sp³-hybridized carbons (Fsp3) is 0.714. The second-order valence-electron chi connectivity index (χ2n) is 2.46. The van der Waals surface area contributed by atoms with E-state index in [-0.39, 0.29) is 25.1 Å². The first-order valence-corrected chi connectivity index (χ1v) is 3.16. The van der Waals surface area contributed by atoms with Crippen LogP contribution in [0.1, 0.15) is 20.3 Å². The molecule has 1 unspecified atom stereocenters. The highest BCUT2D eigenvalue weighted by molar-refractivity contribution is 5.85. The molecule has 0 saturated heterocycles. The summed E-state index contributed by atoms with van der Waals surface area (Å²) in [4.78, 5) is 0. The third-order valence-electron chi connectivity index (χ3n) is 1.06. The second-order valence-corrected chi connectivity index (χ2v) is 2.46. The van der Waals surface area contributed by atoms with E-state index >= 15 is 0 Å². The summed E-state index contributed by atoms with van der Waals surface area (Å²) >= 11 is 0. The molecule has 0 heterocycles. The van der Waals surface area contributed by atoms with E-state index in [4.69, 9.17) is 10.8 Å². The number of nitrogens with two attached hydrogens (primary N) is 1. The summed E-state index contributed by atoms with van der Waals surface area (Å²) in [6, 6.07) is -0.0834. The number of aliphatic hydroxyl groups is 1. The molecule has 2 nitrogen and oxygen atoms in total. The topological polar surface area (TPSA) is 46.2 Å². The van der Waals surface area contributed by atoms with Gasteiger partial charge in [0.15, 0.2) is 0 Å². The Morgan fingerprint density at radius 3 is 2.40 bits per heavy atom. The molecular formula is C7H16ClNO. The molecular weight excluding hydrogens is 150 g/mol. The molecule has 0 saturated carbocycles. The first kappa shape index (κ1) is 12.6. The van der Waals surface area contributed by atoms with Gasteiger partial charge in [0, 0.05) is 6.04 Å². The standard InChI is InChI=1S/C7H15NO.ClH/c1-6(2)3-4-7(8)5-9;/h3,7,9H,4-5,8H2,1-2H3;1H. The minimum atomic E-state index is -0.0834. The number of allylic oxidation sites excluding steroid dienone is 1. The van der Waals surface area contributed by atoms with E-state index in [9.17, 15) is 0 Å². The molecule has 0 fully saturated rings. The Labute approximate surface area is 68.5 Å². The molecule has 10 heavy (non-hydrogen) atoms. The van der Waals surface area contributed by atoms with Crippen LogP contribution in [-0.4, -0.2) is 17.8 Å². The smallest absolute Gasteiger partial charge is 0.0585 e. The fourth-order valence-corrected chi connectivity index (χ4v) is 0.462. The molecule has 0 radical (unpaired) electrons. The van der Waals surface area contributed by atoms with Gasteiger partial charge in [-0.05, 0) is 20.3 Å². The average molecular weight is 166 g/mol. The third-order valence-corrected chi connectivity index (χ3v) is 1.06. The molecule has 3 N–H and O–H groups in total. The Bertz CT molecular complexity index is 99.8. The van der Waals surface area contributed by atoms with E-state index in [1.165, 1.54) is 5.57 Å². The van der Waals surface area contributed by atoms with Gasteiger partial charge in [0.25, 0.3) is 0 Å². The lowest BCUT2D eigenvalue weighted by molar-refractivity contribution is 0.266. The highest BCUT2D eigenvalue weighted by atomic mass is 35.5. The van der Waals surface area contributed by atoms with Crippen LogP contribution in [0.4, 0.5) is 0 Å². The summed E-state index contributed by atoms with van der Waals surface area (Å²) in [5, 5.41) is 8.49. The van der Waals surface area contributed by atoms with Crippen LogP contribution in [0.5, 0.6) is 0 Å². The van der Waals surface area contributed by atoms with Gasteiger partial charge in [0.2, 0.25) is 0 Å². The Kier molecular flexibility index (Phi) is 8.91. The highest BCUT2D eigenvalue weighted by Gasteiger charge is 1.94. The Hall–Kier alpha value is -0.0500. The molecule has 0 aliphatic rings. The number of hydrogen-bond acceptors (Lipinski definition) is 2. The van der Waals surface area contributed by atoms with Gasteiger partial charge in [-0.2, -0.15) is 0 Å². The lowest BCUT2D eigenvalue weighted by atomic mass is 10.2. The number of rotatable bonds is 3. The lowest BCUT2D eigenvalue weighted by Crippen LogP contribution is -2.23. The van der Waals surface area contributed by atoms with Gasteiger partial charge >= 0.3 is 0 Å². The molecule has 0 spiro atoms. The molecule has 0 aliphatic carbocycles. The largest absolute Gasteiger partial charge is 0.395 e.